The minimum absolute atomic E-state index is 0.203. The first-order valence-corrected chi connectivity index (χ1v) is 9.19. The number of aliphatic imine (C=N–C) groups is 1. The van der Waals surface area contributed by atoms with Crippen LogP contribution in [0.2, 0.25) is 0 Å². The Balaban J connectivity index is 1.78. The maximum atomic E-state index is 13.7. The number of nitrogens with zero attached hydrogens (tertiary/aromatic N) is 2. The van der Waals surface area contributed by atoms with E-state index >= 15 is 0 Å². The minimum Gasteiger partial charge on any atom is -0.383 e. The summed E-state index contributed by atoms with van der Waals surface area (Å²) < 4.78 is 18.8. The van der Waals surface area contributed by atoms with Gasteiger partial charge in [-0.1, -0.05) is 18.2 Å². The molecule has 1 heterocycles. The largest absolute Gasteiger partial charge is 0.383 e. The monoisotopic (exact) mass is 350 g/mol. The van der Waals surface area contributed by atoms with E-state index in [1.165, 1.54) is 18.9 Å². The molecule has 1 aliphatic rings. The molecule has 1 aromatic rings. The van der Waals surface area contributed by atoms with E-state index in [0.717, 1.165) is 45.3 Å². The zero-order valence-electron chi connectivity index (χ0n) is 15.4. The second-order valence-electron chi connectivity index (χ2n) is 6.45. The first-order chi connectivity index (χ1) is 12.2. The van der Waals surface area contributed by atoms with Gasteiger partial charge in [0.15, 0.2) is 5.96 Å². The number of hydrogen-bond donors (Lipinski definition) is 2. The molecule has 1 saturated heterocycles. The van der Waals surface area contributed by atoms with Crippen molar-refractivity contribution in [2.45, 2.75) is 26.3 Å². The van der Waals surface area contributed by atoms with Crippen molar-refractivity contribution >= 4 is 5.96 Å². The molecule has 0 radical (unpaired) electrons. The summed E-state index contributed by atoms with van der Waals surface area (Å²) in [5, 5.41) is 6.65. The normalized spacial score (nSPS) is 16.8. The number of piperidine rings is 1. The Labute approximate surface area is 150 Å². The third-order valence-electron chi connectivity index (χ3n) is 4.59. The number of halogens is 1. The topological polar surface area (TPSA) is 48.9 Å². The Hall–Kier alpha value is -1.66. The number of guanidine groups is 1. The van der Waals surface area contributed by atoms with Gasteiger partial charge in [0.05, 0.1) is 13.2 Å². The van der Waals surface area contributed by atoms with Gasteiger partial charge in [0.1, 0.15) is 5.82 Å². The SMILES string of the molecule is CCNC(=NCc1ccccc1F)NCC1CCN(CCOC)CC1. The molecule has 0 aliphatic carbocycles. The van der Waals surface area contributed by atoms with Crippen molar-refractivity contribution in [3.05, 3.63) is 35.6 Å². The average molecular weight is 350 g/mol. The summed E-state index contributed by atoms with van der Waals surface area (Å²) >= 11 is 0. The van der Waals surface area contributed by atoms with Crippen molar-refractivity contribution in [3.63, 3.8) is 0 Å². The molecule has 5 nitrogen and oxygen atoms in total. The highest BCUT2D eigenvalue weighted by molar-refractivity contribution is 5.79. The molecule has 0 amide bonds. The molecule has 0 bridgehead atoms. The first-order valence-electron chi connectivity index (χ1n) is 9.19. The van der Waals surface area contributed by atoms with Crippen molar-refractivity contribution < 1.29 is 9.13 Å². The van der Waals surface area contributed by atoms with Gasteiger partial charge in [0.25, 0.3) is 0 Å². The van der Waals surface area contributed by atoms with Gasteiger partial charge in [-0.3, -0.25) is 0 Å². The van der Waals surface area contributed by atoms with E-state index in [2.05, 4.69) is 20.5 Å². The molecule has 0 unspecified atom stereocenters. The standard InChI is InChI=1S/C19H31FN4O/c1-3-21-19(23-15-17-6-4-5-7-18(17)20)22-14-16-8-10-24(11-9-16)12-13-25-2/h4-7,16H,3,8-15H2,1-2H3,(H2,21,22,23). The maximum absolute atomic E-state index is 13.7. The summed E-state index contributed by atoms with van der Waals surface area (Å²) in [4.78, 5) is 6.97. The highest BCUT2D eigenvalue weighted by atomic mass is 19.1. The van der Waals surface area contributed by atoms with Crippen LogP contribution in [0.3, 0.4) is 0 Å². The van der Waals surface area contributed by atoms with E-state index in [-0.39, 0.29) is 5.82 Å². The van der Waals surface area contributed by atoms with E-state index in [1.54, 1.807) is 19.2 Å². The van der Waals surface area contributed by atoms with Crippen LogP contribution in [-0.2, 0) is 11.3 Å². The predicted octanol–water partition coefficient (Wildman–Crippen LogP) is 2.24. The van der Waals surface area contributed by atoms with Crippen molar-refractivity contribution in [3.8, 4) is 0 Å². The molecule has 25 heavy (non-hydrogen) atoms. The predicted molar refractivity (Wildman–Crippen MR) is 100 cm³/mol. The number of benzene rings is 1. The maximum Gasteiger partial charge on any atom is 0.191 e. The molecule has 1 aliphatic heterocycles. The van der Waals surface area contributed by atoms with Gasteiger partial charge < -0.3 is 20.3 Å². The molecule has 0 saturated carbocycles. The van der Waals surface area contributed by atoms with Gasteiger partial charge in [-0.15, -0.1) is 0 Å². The zero-order chi connectivity index (χ0) is 17.9. The van der Waals surface area contributed by atoms with Crippen LogP contribution in [0.5, 0.6) is 0 Å². The van der Waals surface area contributed by atoms with Crippen molar-refractivity contribution in [1.82, 2.24) is 15.5 Å². The van der Waals surface area contributed by atoms with Crippen molar-refractivity contribution in [2.75, 3.05) is 46.4 Å². The lowest BCUT2D eigenvalue weighted by molar-refractivity contribution is 0.121. The number of methoxy groups -OCH3 is 1. The molecule has 0 atom stereocenters. The molecular formula is C19H31FN4O. The smallest absolute Gasteiger partial charge is 0.191 e. The van der Waals surface area contributed by atoms with Crippen LogP contribution in [0.15, 0.2) is 29.3 Å². The Kier molecular flexibility index (Phi) is 8.69. The highest BCUT2D eigenvalue weighted by Crippen LogP contribution is 2.16. The number of hydrogen-bond acceptors (Lipinski definition) is 3. The Bertz CT molecular complexity index is 530. The second kappa shape index (κ2) is 11.1. The lowest BCUT2D eigenvalue weighted by Gasteiger charge is -2.32. The minimum atomic E-state index is -0.203. The third kappa shape index (κ3) is 7.00. The molecule has 2 N–H and O–H groups in total. The van der Waals surface area contributed by atoms with Crippen LogP contribution in [-0.4, -0.2) is 57.3 Å². The number of ether oxygens (including phenoxy) is 1. The summed E-state index contributed by atoms with van der Waals surface area (Å²) in [5.74, 6) is 1.20. The summed E-state index contributed by atoms with van der Waals surface area (Å²) in [5.41, 5.74) is 0.617. The zero-order valence-corrected chi connectivity index (χ0v) is 15.4. The molecule has 1 fully saturated rings. The third-order valence-corrected chi connectivity index (χ3v) is 4.59. The summed E-state index contributed by atoms with van der Waals surface area (Å²) in [7, 11) is 1.75. The van der Waals surface area contributed by atoms with E-state index in [4.69, 9.17) is 4.74 Å². The molecule has 0 aromatic heterocycles. The Morgan fingerprint density at radius 2 is 2.04 bits per heavy atom. The average Bonchev–Trinajstić information content (AvgIpc) is 2.64. The van der Waals surface area contributed by atoms with Crippen LogP contribution in [0.25, 0.3) is 0 Å². The van der Waals surface area contributed by atoms with Crippen LogP contribution < -0.4 is 10.6 Å². The second-order valence-corrected chi connectivity index (χ2v) is 6.45. The molecule has 1 aromatic carbocycles. The van der Waals surface area contributed by atoms with Gasteiger partial charge in [0, 0.05) is 32.3 Å². The summed E-state index contributed by atoms with van der Waals surface area (Å²) in [6, 6.07) is 6.79. The molecule has 140 valence electrons. The van der Waals surface area contributed by atoms with Crippen LogP contribution in [0.1, 0.15) is 25.3 Å². The van der Waals surface area contributed by atoms with E-state index in [0.29, 0.717) is 18.0 Å². The summed E-state index contributed by atoms with van der Waals surface area (Å²) in [6.07, 6.45) is 2.37. The van der Waals surface area contributed by atoms with Gasteiger partial charge in [0.2, 0.25) is 0 Å². The van der Waals surface area contributed by atoms with Gasteiger partial charge in [-0.25, -0.2) is 9.38 Å². The lowest BCUT2D eigenvalue weighted by atomic mass is 9.97. The molecule has 0 spiro atoms. The van der Waals surface area contributed by atoms with Crippen molar-refractivity contribution in [1.29, 1.82) is 0 Å². The molecular weight excluding hydrogens is 319 g/mol. The quantitative estimate of drug-likeness (QED) is 0.558. The fourth-order valence-corrected chi connectivity index (χ4v) is 3.01. The number of likely N-dealkylation sites (tertiary alicyclic amines) is 1. The number of nitrogens with one attached hydrogen (secondary N) is 2. The first kappa shape index (κ1) is 19.7. The van der Waals surface area contributed by atoms with Gasteiger partial charge >= 0.3 is 0 Å². The lowest BCUT2D eigenvalue weighted by Crippen LogP contribution is -2.43. The van der Waals surface area contributed by atoms with Crippen molar-refractivity contribution in [2.24, 2.45) is 10.9 Å². The van der Waals surface area contributed by atoms with E-state index in [1.807, 2.05) is 13.0 Å². The molecule has 6 heteroatoms. The number of rotatable bonds is 8. The van der Waals surface area contributed by atoms with Gasteiger partial charge in [-0.05, 0) is 44.8 Å². The Morgan fingerprint density at radius 3 is 2.72 bits per heavy atom. The fraction of sp³-hybridized carbons (Fsp3) is 0.632. The van der Waals surface area contributed by atoms with E-state index in [9.17, 15) is 4.39 Å². The van der Waals surface area contributed by atoms with E-state index < -0.39 is 0 Å². The Morgan fingerprint density at radius 1 is 1.28 bits per heavy atom. The fourth-order valence-electron chi connectivity index (χ4n) is 3.01. The molecule has 2 rings (SSSR count). The van der Waals surface area contributed by atoms with Crippen LogP contribution in [0.4, 0.5) is 4.39 Å². The highest BCUT2D eigenvalue weighted by Gasteiger charge is 2.19. The summed E-state index contributed by atoms with van der Waals surface area (Å²) in [6.45, 7) is 8.14. The van der Waals surface area contributed by atoms with Crippen LogP contribution in [0, 0.1) is 11.7 Å². The van der Waals surface area contributed by atoms with Gasteiger partial charge in [-0.2, -0.15) is 0 Å². The van der Waals surface area contributed by atoms with Crippen LogP contribution >= 0.6 is 0 Å².